The van der Waals surface area contributed by atoms with Gasteiger partial charge in [-0.05, 0) is 35.9 Å². The van der Waals surface area contributed by atoms with E-state index in [1.807, 2.05) is 30.5 Å². The molecule has 7 nitrogen and oxygen atoms in total. The van der Waals surface area contributed by atoms with Gasteiger partial charge in [-0.2, -0.15) is 10.1 Å². The molecule has 3 aromatic heterocycles. The minimum Gasteiger partial charge on any atom is -0.289 e. The molecule has 0 bridgehead atoms. The second-order valence-electron chi connectivity index (χ2n) is 6.13. The van der Waals surface area contributed by atoms with Gasteiger partial charge in [0.25, 0.3) is 5.91 Å². The summed E-state index contributed by atoms with van der Waals surface area (Å²) in [6.07, 6.45) is 3.61. The van der Waals surface area contributed by atoms with E-state index in [1.165, 1.54) is 21.8 Å². The topological polar surface area (TPSA) is 99.3 Å². The van der Waals surface area contributed by atoms with Crippen molar-refractivity contribution in [2.75, 3.05) is 11.6 Å². The van der Waals surface area contributed by atoms with Crippen molar-refractivity contribution in [3.63, 3.8) is 0 Å². The lowest BCUT2D eigenvalue weighted by Gasteiger charge is -2.06. The maximum Gasteiger partial charge on any atom is 0.258 e. The molecule has 9 heteroatoms. The largest absolute Gasteiger partial charge is 0.289 e. The van der Waals surface area contributed by atoms with E-state index >= 15 is 0 Å². The lowest BCUT2D eigenvalue weighted by atomic mass is 10.0. The fraction of sp³-hybridized carbons (Fsp3) is 0.0526. The van der Waals surface area contributed by atoms with Gasteiger partial charge >= 0.3 is 0 Å². The molecule has 28 heavy (non-hydrogen) atoms. The highest BCUT2D eigenvalue weighted by atomic mass is 32.2. The molecule has 138 valence electrons. The molecule has 5 aromatic rings. The number of hydrogen-bond donors (Lipinski definition) is 3. The van der Waals surface area contributed by atoms with Gasteiger partial charge in [-0.25, -0.2) is 0 Å². The summed E-state index contributed by atoms with van der Waals surface area (Å²) in [5.74, 6) is -0.0119. The average molecular weight is 406 g/mol. The van der Waals surface area contributed by atoms with Crippen molar-refractivity contribution in [1.82, 2.24) is 25.4 Å². The van der Waals surface area contributed by atoms with E-state index in [-0.39, 0.29) is 11.9 Å². The van der Waals surface area contributed by atoms with Crippen molar-refractivity contribution in [2.24, 2.45) is 0 Å². The zero-order valence-corrected chi connectivity index (χ0v) is 16.3. The molecule has 2 aromatic carbocycles. The third-order valence-corrected chi connectivity index (χ3v) is 6.10. The second kappa shape index (κ2) is 6.77. The van der Waals surface area contributed by atoms with Gasteiger partial charge in [0.05, 0.1) is 11.7 Å². The van der Waals surface area contributed by atoms with Gasteiger partial charge < -0.3 is 0 Å². The Balaban J connectivity index is 1.58. The first-order chi connectivity index (χ1) is 13.7. The molecule has 0 spiro atoms. The number of anilines is 1. The maximum absolute atomic E-state index is 12.8. The van der Waals surface area contributed by atoms with Gasteiger partial charge in [0.1, 0.15) is 0 Å². The van der Waals surface area contributed by atoms with E-state index in [4.69, 9.17) is 0 Å². The van der Waals surface area contributed by atoms with Crippen LogP contribution in [0.4, 0.5) is 5.95 Å². The highest BCUT2D eigenvalue weighted by Crippen LogP contribution is 2.37. The Bertz CT molecular complexity index is 1290. The lowest BCUT2D eigenvalue weighted by Crippen LogP contribution is -2.13. The average Bonchev–Trinajstić information content (AvgIpc) is 3.45. The number of carbonyl (C=O) groups excluding carboxylic acids is 1. The van der Waals surface area contributed by atoms with Gasteiger partial charge in [-0.1, -0.05) is 30.0 Å². The number of hydrogen-bond acceptors (Lipinski definition) is 6. The normalized spacial score (nSPS) is 11.3. The number of aromatic nitrogens is 5. The van der Waals surface area contributed by atoms with Gasteiger partial charge in [-0.15, -0.1) is 16.4 Å². The molecular formula is C19H14N6OS2. The minimum atomic E-state index is -0.267. The van der Waals surface area contributed by atoms with Crippen LogP contribution in [0.2, 0.25) is 0 Å². The van der Waals surface area contributed by atoms with Crippen LogP contribution in [-0.4, -0.2) is 37.5 Å². The number of nitrogens with zero attached hydrogens (tertiary/aromatic N) is 3. The Labute approximate surface area is 167 Å². The van der Waals surface area contributed by atoms with E-state index in [1.54, 1.807) is 17.5 Å². The molecule has 0 saturated heterocycles. The quantitative estimate of drug-likeness (QED) is 0.381. The third-order valence-electron chi connectivity index (χ3n) is 4.39. The number of amides is 1. The van der Waals surface area contributed by atoms with Crippen LogP contribution in [0.5, 0.6) is 0 Å². The zero-order valence-electron chi connectivity index (χ0n) is 14.7. The fourth-order valence-corrected chi connectivity index (χ4v) is 4.47. The number of carbonyl (C=O) groups is 1. The molecule has 0 unspecified atom stereocenters. The molecule has 0 atom stereocenters. The molecule has 0 aliphatic heterocycles. The number of thioether (sulfide) groups is 1. The van der Waals surface area contributed by atoms with E-state index in [0.29, 0.717) is 10.7 Å². The van der Waals surface area contributed by atoms with Crippen molar-refractivity contribution in [1.29, 1.82) is 0 Å². The zero-order chi connectivity index (χ0) is 19.1. The Kier molecular flexibility index (Phi) is 4.10. The predicted octanol–water partition coefficient (Wildman–Crippen LogP) is 4.54. The molecule has 0 aliphatic rings. The van der Waals surface area contributed by atoms with Crippen molar-refractivity contribution < 1.29 is 4.79 Å². The van der Waals surface area contributed by atoms with Crippen LogP contribution in [0.1, 0.15) is 10.4 Å². The van der Waals surface area contributed by atoms with E-state index in [2.05, 4.69) is 48.9 Å². The molecule has 3 heterocycles. The van der Waals surface area contributed by atoms with Crippen molar-refractivity contribution in [3.05, 3.63) is 54.2 Å². The van der Waals surface area contributed by atoms with E-state index in [0.717, 1.165) is 21.3 Å². The van der Waals surface area contributed by atoms with Crippen molar-refractivity contribution in [2.45, 2.75) is 5.16 Å². The Morgan fingerprint density at radius 3 is 2.86 bits per heavy atom. The Morgan fingerprint density at radius 1 is 1.14 bits per heavy atom. The van der Waals surface area contributed by atoms with Crippen LogP contribution in [0.25, 0.3) is 31.4 Å². The molecule has 3 N–H and O–H groups in total. The molecule has 0 radical (unpaired) electrons. The third kappa shape index (κ3) is 2.94. The van der Waals surface area contributed by atoms with Gasteiger partial charge in [-0.3, -0.25) is 20.3 Å². The van der Waals surface area contributed by atoms with Gasteiger partial charge in [0, 0.05) is 26.1 Å². The van der Waals surface area contributed by atoms with E-state index < -0.39 is 0 Å². The predicted molar refractivity (Wildman–Crippen MR) is 113 cm³/mol. The molecule has 1 amide bonds. The Morgan fingerprint density at radius 2 is 2.04 bits per heavy atom. The monoisotopic (exact) mass is 406 g/mol. The number of fused-ring (bicyclic) bond motifs is 2. The van der Waals surface area contributed by atoms with Crippen molar-refractivity contribution >= 4 is 55.9 Å². The second-order valence-corrected chi connectivity index (χ2v) is 8.01. The maximum atomic E-state index is 12.8. The fourth-order valence-electron chi connectivity index (χ4n) is 3.07. The summed E-state index contributed by atoms with van der Waals surface area (Å²) >= 11 is 3.11. The molecule has 5 rings (SSSR count). The summed E-state index contributed by atoms with van der Waals surface area (Å²) in [5, 5.41) is 19.4. The summed E-state index contributed by atoms with van der Waals surface area (Å²) in [6, 6.07) is 14.1. The molecular weight excluding hydrogens is 392 g/mol. The number of aromatic amines is 2. The molecule has 0 aliphatic carbocycles. The number of thiophene rings is 1. The number of H-pyrrole nitrogens is 2. The first-order valence-corrected chi connectivity index (χ1v) is 10.5. The van der Waals surface area contributed by atoms with Crippen LogP contribution < -0.4 is 5.32 Å². The number of nitrogens with one attached hydrogen (secondary N) is 3. The summed E-state index contributed by atoms with van der Waals surface area (Å²) in [4.78, 5) is 18.1. The van der Waals surface area contributed by atoms with E-state index in [9.17, 15) is 4.79 Å². The summed E-state index contributed by atoms with van der Waals surface area (Å²) in [5.41, 5.74) is 2.38. The van der Waals surface area contributed by atoms with Crippen LogP contribution >= 0.6 is 23.1 Å². The van der Waals surface area contributed by atoms with Crippen LogP contribution in [-0.2, 0) is 0 Å². The smallest absolute Gasteiger partial charge is 0.258 e. The first-order valence-electron chi connectivity index (χ1n) is 8.45. The van der Waals surface area contributed by atoms with Crippen LogP contribution in [0, 0.1) is 0 Å². The first kappa shape index (κ1) is 17.0. The molecule has 0 fully saturated rings. The van der Waals surface area contributed by atoms with Crippen molar-refractivity contribution in [3.8, 4) is 10.4 Å². The highest BCUT2D eigenvalue weighted by molar-refractivity contribution is 7.98. The van der Waals surface area contributed by atoms with Crippen LogP contribution in [0.15, 0.2) is 53.8 Å². The standard InChI is InChI=1S/C19H14N6OS2/c1-27-19-22-18(24-25-19)21-17(26)11-6-12-9-20-23-16(12)13(7-11)15-8-10-4-2-3-5-14(10)28-15/h2-9H,1H3,(H,20,23)(H2,21,22,24,25,26). The number of benzene rings is 2. The Hall–Kier alpha value is -3.17. The highest BCUT2D eigenvalue weighted by Gasteiger charge is 2.16. The summed E-state index contributed by atoms with van der Waals surface area (Å²) in [7, 11) is 0. The minimum absolute atomic E-state index is 0.255. The summed E-state index contributed by atoms with van der Waals surface area (Å²) in [6.45, 7) is 0. The molecule has 0 saturated carbocycles. The van der Waals surface area contributed by atoms with Gasteiger partial charge in [0.15, 0.2) is 5.16 Å². The SMILES string of the molecule is CSc1nc(NC(=O)c2cc(-c3cc4ccccc4s3)c3[nH]ncc3c2)n[nH]1. The summed E-state index contributed by atoms with van der Waals surface area (Å²) < 4.78 is 1.20. The lowest BCUT2D eigenvalue weighted by molar-refractivity contribution is 0.102. The van der Waals surface area contributed by atoms with Gasteiger partial charge in [0.2, 0.25) is 5.95 Å². The number of rotatable bonds is 4. The van der Waals surface area contributed by atoms with Crippen LogP contribution in [0.3, 0.4) is 0 Å².